The van der Waals surface area contributed by atoms with Gasteiger partial charge >= 0.3 is 6.09 Å². The van der Waals surface area contributed by atoms with Crippen LogP contribution in [0.25, 0.3) is 0 Å². The molecular weight excluding hydrogens is 268 g/mol. The predicted octanol–water partition coefficient (Wildman–Crippen LogP) is 2.28. The molecule has 1 atom stereocenters. The molecule has 5 nitrogen and oxygen atoms in total. The molecule has 2 heterocycles. The number of para-hydroxylation sites is 1. The van der Waals surface area contributed by atoms with Gasteiger partial charge in [-0.1, -0.05) is 24.8 Å². The maximum absolute atomic E-state index is 12.8. The minimum absolute atomic E-state index is 0.0781. The minimum atomic E-state index is -0.590. The van der Waals surface area contributed by atoms with E-state index in [0.717, 1.165) is 11.3 Å². The van der Waals surface area contributed by atoms with Crippen LogP contribution in [0, 0.1) is 0 Å². The maximum atomic E-state index is 12.8. The molecule has 0 aliphatic carbocycles. The Morgan fingerprint density at radius 1 is 1.38 bits per heavy atom. The molecule has 21 heavy (non-hydrogen) atoms. The third-order valence-corrected chi connectivity index (χ3v) is 4.54. The van der Waals surface area contributed by atoms with Gasteiger partial charge in [0.05, 0.1) is 12.5 Å². The van der Waals surface area contributed by atoms with E-state index in [1.165, 1.54) is 12.0 Å². The molecule has 3 rings (SSSR count). The van der Waals surface area contributed by atoms with Crippen LogP contribution in [0.1, 0.15) is 18.4 Å². The molecule has 2 aliphatic rings. The Bertz CT molecular complexity index is 640. The number of amides is 2. The van der Waals surface area contributed by atoms with E-state index in [4.69, 9.17) is 4.74 Å². The van der Waals surface area contributed by atoms with Crippen molar-refractivity contribution in [2.75, 3.05) is 25.6 Å². The maximum Gasteiger partial charge on any atom is 0.413 e. The van der Waals surface area contributed by atoms with Gasteiger partial charge in [-0.25, -0.2) is 4.79 Å². The molecular formula is C16H18N2O3. The number of carbonyl (C=O) groups is 2. The lowest BCUT2D eigenvalue weighted by Gasteiger charge is -2.39. The zero-order valence-corrected chi connectivity index (χ0v) is 12.3. The summed E-state index contributed by atoms with van der Waals surface area (Å²) in [6.45, 7) is 4.41. The molecule has 0 saturated carbocycles. The van der Waals surface area contributed by atoms with Crippen molar-refractivity contribution >= 4 is 17.7 Å². The van der Waals surface area contributed by atoms with E-state index < -0.39 is 11.5 Å². The van der Waals surface area contributed by atoms with Gasteiger partial charge in [0.25, 0.3) is 0 Å². The predicted molar refractivity (Wildman–Crippen MR) is 79.0 cm³/mol. The average Bonchev–Trinajstić information content (AvgIpc) is 2.70. The van der Waals surface area contributed by atoms with Crippen molar-refractivity contribution in [3.05, 3.63) is 42.1 Å². The largest absolute Gasteiger partial charge is 0.452 e. The molecule has 0 N–H and O–H groups in total. The summed E-state index contributed by atoms with van der Waals surface area (Å²) in [5.41, 5.74) is 2.02. The van der Waals surface area contributed by atoms with Crippen LogP contribution in [-0.4, -0.2) is 37.6 Å². The van der Waals surface area contributed by atoms with Crippen molar-refractivity contribution in [3.63, 3.8) is 0 Å². The third-order valence-electron chi connectivity index (χ3n) is 4.54. The van der Waals surface area contributed by atoms with E-state index >= 15 is 0 Å². The van der Waals surface area contributed by atoms with E-state index in [-0.39, 0.29) is 5.91 Å². The number of ether oxygens (including phenoxy) is 1. The van der Waals surface area contributed by atoms with Gasteiger partial charge in [0.2, 0.25) is 5.91 Å². The van der Waals surface area contributed by atoms with Crippen LogP contribution in [0.3, 0.4) is 0 Å². The van der Waals surface area contributed by atoms with E-state index in [0.29, 0.717) is 25.1 Å². The van der Waals surface area contributed by atoms with E-state index in [9.17, 15) is 9.59 Å². The number of hydrogen-bond acceptors (Lipinski definition) is 3. The van der Waals surface area contributed by atoms with Gasteiger partial charge in [-0.2, -0.15) is 0 Å². The molecule has 0 aromatic heterocycles. The number of piperidine rings is 1. The summed E-state index contributed by atoms with van der Waals surface area (Å²) < 4.78 is 4.76. The first-order valence-corrected chi connectivity index (χ1v) is 6.92. The lowest BCUT2D eigenvalue weighted by Crippen LogP contribution is -2.48. The Balaban J connectivity index is 1.99. The molecule has 2 amide bonds. The lowest BCUT2D eigenvalue weighted by molar-refractivity contribution is -0.123. The Kier molecular flexibility index (Phi) is 3.01. The third kappa shape index (κ3) is 1.77. The van der Waals surface area contributed by atoms with Gasteiger partial charge in [0, 0.05) is 31.4 Å². The zero-order valence-electron chi connectivity index (χ0n) is 12.3. The van der Waals surface area contributed by atoms with Crippen molar-refractivity contribution in [3.8, 4) is 0 Å². The summed E-state index contributed by atoms with van der Waals surface area (Å²) in [7, 11) is 3.15. The van der Waals surface area contributed by atoms with E-state index in [1.54, 1.807) is 11.9 Å². The summed E-state index contributed by atoms with van der Waals surface area (Å²) in [5.74, 6) is 0.0781. The topological polar surface area (TPSA) is 49.9 Å². The fourth-order valence-electron chi connectivity index (χ4n) is 3.45. The number of rotatable bonds is 0. The first-order valence-electron chi connectivity index (χ1n) is 6.92. The number of hydrogen-bond donors (Lipinski definition) is 0. The molecule has 1 unspecified atom stereocenters. The first kappa shape index (κ1) is 13.7. The fraction of sp³-hybridized carbons (Fsp3) is 0.375. The summed E-state index contributed by atoms with van der Waals surface area (Å²) >= 11 is 0. The molecule has 110 valence electrons. The Morgan fingerprint density at radius 3 is 2.76 bits per heavy atom. The van der Waals surface area contributed by atoms with Crippen molar-refractivity contribution in [2.45, 2.75) is 18.3 Å². The average molecular weight is 286 g/mol. The van der Waals surface area contributed by atoms with Crippen LogP contribution in [0.5, 0.6) is 0 Å². The van der Waals surface area contributed by atoms with Crippen LogP contribution >= 0.6 is 0 Å². The van der Waals surface area contributed by atoms with E-state index in [1.807, 2.05) is 24.3 Å². The van der Waals surface area contributed by atoms with Gasteiger partial charge in [-0.3, -0.25) is 9.69 Å². The molecule has 1 saturated heterocycles. The van der Waals surface area contributed by atoms with Crippen LogP contribution in [-0.2, 0) is 14.9 Å². The molecule has 1 aromatic carbocycles. The highest BCUT2D eigenvalue weighted by atomic mass is 16.5. The Labute approximate surface area is 123 Å². The Morgan fingerprint density at radius 2 is 2.10 bits per heavy atom. The lowest BCUT2D eigenvalue weighted by atomic mass is 9.73. The standard InChI is InChI=1S/C16H18N2O3/c1-11-10-16(8-9-18(11)15(20)21-3)12-6-4-5-7-13(12)17(2)14(16)19/h4-7H,1,8-10H2,2-3H3. The van der Waals surface area contributed by atoms with Gasteiger partial charge in [-0.15, -0.1) is 0 Å². The molecule has 0 radical (unpaired) electrons. The molecule has 1 spiro atoms. The first-order chi connectivity index (χ1) is 10.0. The molecule has 0 bridgehead atoms. The second-order valence-electron chi connectivity index (χ2n) is 5.58. The monoisotopic (exact) mass is 286 g/mol. The second kappa shape index (κ2) is 4.62. The van der Waals surface area contributed by atoms with Crippen molar-refractivity contribution in [1.82, 2.24) is 4.90 Å². The van der Waals surface area contributed by atoms with Crippen LogP contribution in [0.4, 0.5) is 10.5 Å². The zero-order chi connectivity index (χ0) is 15.2. The second-order valence-corrected chi connectivity index (χ2v) is 5.58. The summed E-state index contributed by atoms with van der Waals surface area (Å²) in [4.78, 5) is 27.7. The number of nitrogens with zero attached hydrogens (tertiary/aromatic N) is 2. The molecule has 2 aliphatic heterocycles. The van der Waals surface area contributed by atoms with Crippen LogP contribution in [0.2, 0.25) is 0 Å². The van der Waals surface area contributed by atoms with Crippen LogP contribution in [0.15, 0.2) is 36.5 Å². The number of carbonyl (C=O) groups excluding carboxylic acids is 2. The van der Waals surface area contributed by atoms with E-state index in [2.05, 4.69) is 6.58 Å². The highest BCUT2D eigenvalue weighted by Gasteiger charge is 2.52. The van der Waals surface area contributed by atoms with Gasteiger partial charge < -0.3 is 9.64 Å². The van der Waals surface area contributed by atoms with Crippen molar-refractivity contribution in [1.29, 1.82) is 0 Å². The number of likely N-dealkylation sites (tertiary alicyclic amines) is 1. The number of allylic oxidation sites excluding steroid dienone is 1. The fourth-order valence-corrected chi connectivity index (χ4v) is 3.45. The Hall–Kier alpha value is -2.30. The summed E-state index contributed by atoms with van der Waals surface area (Å²) in [5, 5.41) is 0. The number of fused-ring (bicyclic) bond motifs is 2. The number of benzene rings is 1. The van der Waals surface area contributed by atoms with Crippen molar-refractivity contribution < 1.29 is 14.3 Å². The van der Waals surface area contributed by atoms with Gasteiger partial charge in [-0.05, 0) is 18.1 Å². The highest BCUT2D eigenvalue weighted by Crippen LogP contribution is 2.49. The van der Waals surface area contributed by atoms with Gasteiger partial charge in [0.1, 0.15) is 0 Å². The number of likely N-dealkylation sites (N-methyl/N-ethyl adjacent to an activating group) is 1. The number of anilines is 1. The molecule has 1 aromatic rings. The quantitative estimate of drug-likeness (QED) is 0.735. The minimum Gasteiger partial charge on any atom is -0.452 e. The summed E-state index contributed by atoms with van der Waals surface area (Å²) in [6.07, 6.45) is 0.616. The SMILES string of the molecule is C=C1CC2(CCN1C(=O)OC)C(=O)N(C)c1ccccc12. The van der Waals surface area contributed by atoms with Gasteiger partial charge in [0.15, 0.2) is 0 Å². The molecule has 5 heteroatoms. The smallest absolute Gasteiger partial charge is 0.413 e. The number of methoxy groups -OCH3 is 1. The normalized spacial score (nSPS) is 24.5. The highest BCUT2D eigenvalue weighted by molar-refractivity contribution is 6.08. The van der Waals surface area contributed by atoms with Crippen molar-refractivity contribution in [2.24, 2.45) is 0 Å². The van der Waals surface area contributed by atoms with Crippen LogP contribution < -0.4 is 4.90 Å². The summed E-state index contributed by atoms with van der Waals surface area (Å²) in [6, 6.07) is 7.83. The molecule has 1 fully saturated rings.